The smallest absolute Gasteiger partial charge is 0.310 e. The molecule has 0 aliphatic carbocycles. The third-order valence-electron chi connectivity index (χ3n) is 1.99. The van der Waals surface area contributed by atoms with Crippen molar-refractivity contribution in [1.82, 2.24) is 0 Å². The Labute approximate surface area is 104 Å². The summed E-state index contributed by atoms with van der Waals surface area (Å²) in [4.78, 5) is 11.1. The summed E-state index contributed by atoms with van der Waals surface area (Å²) in [5.74, 6) is -0.762. The monoisotopic (exact) mass is 338 g/mol. The van der Waals surface area contributed by atoms with Crippen LogP contribution >= 0.6 is 31.9 Å². The van der Waals surface area contributed by atoms with E-state index in [2.05, 4.69) is 36.6 Å². The van der Waals surface area contributed by atoms with Crippen LogP contribution in [0.25, 0.3) is 0 Å². The SMILES string of the molecule is COC(=O)Cc1c(CBr)ccc(F)c1Br. The normalized spacial score (nSPS) is 10.1. The molecule has 5 heteroatoms. The van der Waals surface area contributed by atoms with Gasteiger partial charge in [0.15, 0.2) is 0 Å². The van der Waals surface area contributed by atoms with Crippen LogP contribution in [0.5, 0.6) is 0 Å². The maximum absolute atomic E-state index is 13.2. The lowest BCUT2D eigenvalue weighted by atomic mass is 10.1. The van der Waals surface area contributed by atoms with Crippen molar-refractivity contribution in [2.75, 3.05) is 7.11 Å². The predicted octanol–water partition coefficient (Wildman–Crippen LogP) is 3.20. The van der Waals surface area contributed by atoms with Crippen molar-refractivity contribution in [3.8, 4) is 0 Å². The molecule has 0 amide bonds. The molecule has 0 spiro atoms. The zero-order valence-corrected chi connectivity index (χ0v) is 11.2. The number of carbonyl (C=O) groups excluding carboxylic acids is 1. The van der Waals surface area contributed by atoms with E-state index in [1.807, 2.05) is 0 Å². The number of esters is 1. The molecule has 0 saturated carbocycles. The Balaban J connectivity index is 3.12. The molecule has 0 unspecified atom stereocenters. The molecule has 0 radical (unpaired) electrons. The van der Waals surface area contributed by atoms with Crippen molar-refractivity contribution in [3.05, 3.63) is 33.5 Å². The fourth-order valence-corrected chi connectivity index (χ4v) is 2.22. The van der Waals surface area contributed by atoms with E-state index in [0.717, 1.165) is 5.56 Å². The number of methoxy groups -OCH3 is 1. The first-order valence-electron chi connectivity index (χ1n) is 4.18. The van der Waals surface area contributed by atoms with Crippen LogP contribution in [-0.4, -0.2) is 13.1 Å². The minimum absolute atomic E-state index is 0.0653. The Morgan fingerprint density at radius 1 is 1.53 bits per heavy atom. The average Bonchev–Trinajstić information content (AvgIpc) is 2.25. The molecule has 0 aliphatic rings. The summed E-state index contributed by atoms with van der Waals surface area (Å²) in [5.41, 5.74) is 1.49. The number of halogens is 3. The minimum Gasteiger partial charge on any atom is -0.469 e. The van der Waals surface area contributed by atoms with E-state index in [0.29, 0.717) is 15.4 Å². The van der Waals surface area contributed by atoms with Crippen molar-refractivity contribution in [1.29, 1.82) is 0 Å². The zero-order chi connectivity index (χ0) is 11.4. The fraction of sp³-hybridized carbons (Fsp3) is 0.300. The second-order valence-corrected chi connectivity index (χ2v) is 4.24. The van der Waals surface area contributed by atoms with Gasteiger partial charge in [0.25, 0.3) is 0 Å². The van der Waals surface area contributed by atoms with Crippen LogP contribution in [0, 0.1) is 5.82 Å². The van der Waals surface area contributed by atoms with Crippen LogP contribution in [0.1, 0.15) is 11.1 Å². The summed E-state index contributed by atoms with van der Waals surface area (Å²) in [6.07, 6.45) is 0.0653. The van der Waals surface area contributed by atoms with E-state index in [-0.39, 0.29) is 18.2 Å². The van der Waals surface area contributed by atoms with Crippen molar-refractivity contribution in [3.63, 3.8) is 0 Å². The summed E-state index contributed by atoms with van der Waals surface area (Å²) in [6, 6.07) is 3.01. The standard InChI is InChI=1S/C10H9Br2FO2/c1-15-9(14)4-7-6(5-11)2-3-8(13)10(7)12/h2-3H,4-5H2,1H3. The molecule has 0 heterocycles. The Hall–Kier alpha value is -0.420. The summed E-state index contributed by atoms with van der Waals surface area (Å²) >= 11 is 6.41. The molecule has 0 aromatic heterocycles. The lowest BCUT2D eigenvalue weighted by Crippen LogP contribution is -2.08. The van der Waals surface area contributed by atoms with E-state index in [1.165, 1.54) is 13.2 Å². The summed E-state index contributed by atoms with van der Waals surface area (Å²) in [5, 5.41) is 0.568. The number of benzene rings is 1. The van der Waals surface area contributed by atoms with Gasteiger partial charge in [0, 0.05) is 5.33 Å². The van der Waals surface area contributed by atoms with Crippen LogP contribution in [-0.2, 0) is 21.3 Å². The summed E-state index contributed by atoms with van der Waals surface area (Å²) in [6.45, 7) is 0. The van der Waals surface area contributed by atoms with Crippen LogP contribution in [0.4, 0.5) is 4.39 Å². The van der Waals surface area contributed by atoms with Gasteiger partial charge in [0.2, 0.25) is 0 Å². The molecule has 82 valence electrons. The second-order valence-electron chi connectivity index (χ2n) is 2.89. The second kappa shape index (κ2) is 5.61. The number of carbonyl (C=O) groups is 1. The quantitative estimate of drug-likeness (QED) is 0.624. The molecule has 0 atom stereocenters. The number of rotatable bonds is 3. The van der Waals surface area contributed by atoms with Crippen molar-refractivity contribution < 1.29 is 13.9 Å². The molecule has 0 bridgehead atoms. The molecule has 0 saturated heterocycles. The van der Waals surface area contributed by atoms with Gasteiger partial charge < -0.3 is 4.74 Å². The molecule has 1 aromatic carbocycles. The van der Waals surface area contributed by atoms with Gasteiger partial charge in [-0.05, 0) is 33.1 Å². The van der Waals surface area contributed by atoms with Crippen molar-refractivity contribution >= 4 is 37.8 Å². The van der Waals surface area contributed by atoms with E-state index in [4.69, 9.17) is 0 Å². The lowest BCUT2D eigenvalue weighted by Gasteiger charge is -2.09. The highest BCUT2D eigenvalue weighted by Gasteiger charge is 2.14. The Morgan fingerprint density at radius 3 is 2.73 bits per heavy atom. The Bertz CT molecular complexity index is 380. The molecule has 15 heavy (non-hydrogen) atoms. The van der Waals surface area contributed by atoms with E-state index in [1.54, 1.807) is 6.07 Å². The summed E-state index contributed by atoms with van der Waals surface area (Å²) < 4.78 is 18.1. The van der Waals surface area contributed by atoms with Gasteiger partial charge in [-0.15, -0.1) is 0 Å². The van der Waals surface area contributed by atoms with Gasteiger partial charge in [-0.1, -0.05) is 22.0 Å². The minimum atomic E-state index is -0.386. The molecule has 2 nitrogen and oxygen atoms in total. The molecule has 0 aliphatic heterocycles. The highest BCUT2D eigenvalue weighted by molar-refractivity contribution is 9.10. The largest absolute Gasteiger partial charge is 0.469 e. The van der Waals surface area contributed by atoms with Gasteiger partial charge in [0.05, 0.1) is 18.0 Å². The molecule has 0 fully saturated rings. The van der Waals surface area contributed by atoms with Crippen molar-refractivity contribution in [2.45, 2.75) is 11.8 Å². The first-order chi connectivity index (χ1) is 7.10. The molecular weight excluding hydrogens is 331 g/mol. The maximum atomic E-state index is 13.2. The van der Waals surface area contributed by atoms with E-state index in [9.17, 15) is 9.18 Å². The van der Waals surface area contributed by atoms with Crippen LogP contribution in [0.3, 0.4) is 0 Å². The highest BCUT2D eigenvalue weighted by Crippen LogP contribution is 2.26. The van der Waals surface area contributed by atoms with Crippen LogP contribution in [0.2, 0.25) is 0 Å². The summed E-state index contributed by atoms with van der Waals surface area (Å²) in [7, 11) is 1.31. The predicted molar refractivity (Wildman–Crippen MR) is 62.5 cm³/mol. The van der Waals surface area contributed by atoms with Gasteiger partial charge in [0.1, 0.15) is 5.82 Å². The number of hydrogen-bond donors (Lipinski definition) is 0. The topological polar surface area (TPSA) is 26.3 Å². The molecule has 1 aromatic rings. The van der Waals surface area contributed by atoms with Crippen LogP contribution in [0.15, 0.2) is 16.6 Å². The third kappa shape index (κ3) is 3.01. The maximum Gasteiger partial charge on any atom is 0.310 e. The molecule has 1 rings (SSSR count). The van der Waals surface area contributed by atoms with Gasteiger partial charge >= 0.3 is 5.97 Å². The van der Waals surface area contributed by atoms with Gasteiger partial charge in [-0.2, -0.15) is 0 Å². The van der Waals surface area contributed by atoms with Gasteiger partial charge in [-0.3, -0.25) is 4.79 Å². The average molecular weight is 340 g/mol. The number of ether oxygens (including phenoxy) is 1. The third-order valence-corrected chi connectivity index (χ3v) is 3.45. The van der Waals surface area contributed by atoms with E-state index < -0.39 is 0 Å². The fourth-order valence-electron chi connectivity index (χ4n) is 1.17. The zero-order valence-electron chi connectivity index (χ0n) is 8.02. The highest BCUT2D eigenvalue weighted by atomic mass is 79.9. The molecule has 0 N–H and O–H groups in total. The Kier molecular flexibility index (Phi) is 4.73. The van der Waals surface area contributed by atoms with Gasteiger partial charge in [-0.25, -0.2) is 4.39 Å². The first kappa shape index (κ1) is 12.6. The van der Waals surface area contributed by atoms with E-state index >= 15 is 0 Å². The number of hydrogen-bond acceptors (Lipinski definition) is 2. The number of alkyl halides is 1. The van der Waals surface area contributed by atoms with Crippen molar-refractivity contribution in [2.24, 2.45) is 0 Å². The Morgan fingerprint density at radius 2 is 2.20 bits per heavy atom. The lowest BCUT2D eigenvalue weighted by molar-refractivity contribution is -0.139. The molecular formula is C10H9Br2FO2. The first-order valence-corrected chi connectivity index (χ1v) is 6.10. The van der Waals surface area contributed by atoms with Crippen LogP contribution < -0.4 is 0 Å².